The van der Waals surface area contributed by atoms with E-state index in [4.69, 9.17) is 25.8 Å². The van der Waals surface area contributed by atoms with Gasteiger partial charge >= 0.3 is 12.3 Å². The first-order chi connectivity index (χ1) is 16.6. The van der Waals surface area contributed by atoms with E-state index in [1.165, 1.54) is 32.4 Å². The number of hydrogen-bond acceptors (Lipinski definition) is 6. The highest BCUT2D eigenvalue weighted by Gasteiger charge is 2.47. The monoisotopic (exact) mass is 509 g/mol. The minimum Gasteiger partial charge on any atom is -0.495 e. The number of halogens is 3. The first-order valence-corrected chi connectivity index (χ1v) is 11.7. The number of ether oxygens (including phenoxy) is 4. The summed E-state index contributed by atoms with van der Waals surface area (Å²) in [5.74, 6) is -0.817. The minimum atomic E-state index is -3.89. The molecule has 2 aliphatic rings. The molecule has 1 heterocycles. The van der Waals surface area contributed by atoms with Crippen LogP contribution in [-0.4, -0.2) is 37.9 Å². The number of carbonyl (C=O) groups is 2. The van der Waals surface area contributed by atoms with Crippen LogP contribution in [-0.2, 0) is 9.53 Å². The third kappa shape index (κ3) is 4.87. The van der Waals surface area contributed by atoms with E-state index in [2.05, 4.69) is 17.0 Å². The second kappa shape index (κ2) is 9.53. The van der Waals surface area contributed by atoms with Crippen LogP contribution in [0.15, 0.2) is 30.3 Å². The van der Waals surface area contributed by atoms with Crippen LogP contribution in [0.4, 0.5) is 8.78 Å². The van der Waals surface area contributed by atoms with E-state index in [9.17, 15) is 18.4 Å². The van der Waals surface area contributed by atoms with Gasteiger partial charge in [-0.3, -0.25) is 4.79 Å². The van der Waals surface area contributed by atoms with Crippen molar-refractivity contribution in [2.24, 2.45) is 5.92 Å². The van der Waals surface area contributed by atoms with Crippen molar-refractivity contribution < 1.29 is 37.3 Å². The molecule has 1 aliphatic heterocycles. The molecule has 4 rings (SSSR count). The molecule has 1 fully saturated rings. The lowest BCUT2D eigenvalue weighted by Gasteiger charge is -2.38. The fraction of sp³-hybridized carbons (Fsp3) is 0.440. The van der Waals surface area contributed by atoms with Crippen LogP contribution in [0.2, 0.25) is 5.02 Å². The average molecular weight is 510 g/mol. The van der Waals surface area contributed by atoms with E-state index < -0.39 is 23.7 Å². The Kier molecular flexibility index (Phi) is 6.81. The highest BCUT2D eigenvalue weighted by Crippen LogP contribution is 2.49. The molecule has 1 aliphatic carbocycles. The van der Waals surface area contributed by atoms with Gasteiger partial charge in [-0.25, -0.2) is 4.79 Å². The molecule has 0 aromatic heterocycles. The Labute approximate surface area is 206 Å². The second-order valence-electron chi connectivity index (χ2n) is 8.75. The van der Waals surface area contributed by atoms with Gasteiger partial charge in [0.1, 0.15) is 11.3 Å². The minimum absolute atomic E-state index is 0.0212. The second-order valence-corrected chi connectivity index (χ2v) is 9.15. The Hall–Kier alpha value is -3.07. The van der Waals surface area contributed by atoms with Crippen molar-refractivity contribution in [3.8, 4) is 28.4 Å². The van der Waals surface area contributed by atoms with Crippen LogP contribution in [0.25, 0.3) is 11.1 Å². The molecule has 2 aromatic carbocycles. The van der Waals surface area contributed by atoms with Crippen LogP contribution in [0, 0.1) is 5.92 Å². The van der Waals surface area contributed by atoms with Crippen LogP contribution in [0.1, 0.15) is 49.4 Å². The van der Waals surface area contributed by atoms with Gasteiger partial charge in [0, 0.05) is 11.1 Å². The zero-order valence-corrected chi connectivity index (χ0v) is 20.3. The molecule has 35 heavy (non-hydrogen) atoms. The van der Waals surface area contributed by atoms with Crippen LogP contribution in [0.3, 0.4) is 0 Å². The highest BCUT2D eigenvalue weighted by molar-refractivity contribution is 6.32. The molecule has 1 saturated carbocycles. The molecule has 0 bridgehead atoms. The van der Waals surface area contributed by atoms with E-state index in [-0.39, 0.29) is 27.6 Å². The fourth-order valence-electron chi connectivity index (χ4n) is 4.67. The number of methoxy groups -OCH3 is 2. The maximum Gasteiger partial charge on any atom is 0.586 e. The average Bonchev–Trinajstić information content (AvgIpc) is 3.16. The van der Waals surface area contributed by atoms with Crippen LogP contribution >= 0.6 is 11.6 Å². The molecule has 0 atom stereocenters. The van der Waals surface area contributed by atoms with Crippen LogP contribution in [0.5, 0.6) is 17.2 Å². The number of nitrogens with one attached hydrogen (secondary N) is 1. The van der Waals surface area contributed by atoms with Gasteiger partial charge in [0.15, 0.2) is 11.5 Å². The molecule has 1 amide bonds. The van der Waals surface area contributed by atoms with Crippen molar-refractivity contribution in [2.45, 2.75) is 50.9 Å². The van der Waals surface area contributed by atoms with Crippen molar-refractivity contribution in [3.63, 3.8) is 0 Å². The van der Waals surface area contributed by atoms with Gasteiger partial charge in [-0.05, 0) is 61.4 Å². The zero-order chi connectivity index (χ0) is 25.4. The number of esters is 1. The maximum absolute atomic E-state index is 14.0. The van der Waals surface area contributed by atoms with E-state index in [0.29, 0.717) is 30.1 Å². The third-order valence-electron chi connectivity index (χ3n) is 6.69. The van der Waals surface area contributed by atoms with Crippen molar-refractivity contribution in [1.29, 1.82) is 0 Å². The van der Waals surface area contributed by atoms with Gasteiger partial charge in [0.2, 0.25) is 0 Å². The number of hydrogen-bond donors (Lipinski definition) is 1. The van der Waals surface area contributed by atoms with Crippen molar-refractivity contribution in [3.05, 3.63) is 40.9 Å². The molecule has 188 valence electrons. The van der Waals surface area contributed by atoms with Gasteiger partial charge in [-0.2, -0.15) is 0 Å². The number of fused-ring (bicyclic) bond motifs is 1. The first kappa shape index (κ1) is 25.0. The van der Waals surface area contributed by atoms with Crippen LogP contribution < -0.4 is 19.5 Å². The Morgan fingerprint density at radius 1 is 1.14 bits per heavy atom. The lowest BCUT2D eigenvalue weighted by molar-refractivity contribution is -0.286. The molecule has 0 saturated heterocycles. The number of amides is 1. The fourth-order valence-corrected chi connectivity index (χ4v) is 4.93. The molecule has 0 spiro atoms. The molecule has 2 aromatic rings. The summed E-state index contributed by atoms with van der Waals surface area (Å²) in [6, 6.07) is 7.26. The van der Waals surface area contributed by atoms with Gasteiger partial charge in [-0.15, -0.1) is 8.78 Å². The summed E-state index contributed by atoms with van der Waals surface area (Å²) in [5, 5.41) is 3.07. The molecular formula is C25H26ClF2NO6. The molecule has 1 N–H and O–H groups in total. The molecule has 0 unspecified atom stereocenters. The lowest BCUT2D eigenvalue weighted by Crippen LogP contribution is -2.56. The molecule has 0 radical (unpaired) electrons. The quantitative estimate of drug-likeness (QED) is 0.512. The van der Waals surface area contributed by atoms with Gasteiger partial charge < -0.3 is 24.3 Å². The maximum atomic E-state index is 14.0. The summed E-state index contributed by atoms with van der Waals surface area (Å²) in [7, 11) is 2.72. The predicted molar refractivity (Wildman–Crippen MR) is 124 cm³/mol. The Morgan fingerprint density at radius 3 is 2.46 bits per heavy atom. The summed E-state index contributed by atoms with van der Waals surface area (Å²) in [6.45, 7) is 2.09. The number of carbonyl (C=O) groups excluding carboxylic acids is 2. The lowest BCUT2D eigenvalue weighted by atomic mass is 9.75. The number of benzene rings is 2. The third-order valence-corrected chi connectivity index (χ3v) is 6.99. The van der Waals surface area contributed by atoms with E-state index in [0.717, 1.165) is 19.3 Å². The van der Waals surface area contributed by atoms with Crippen molar-refractivity contribution in [1.82, 2.24) is 5.32 Å². The zero-order valence-electron chi connectivity index (χ0n) is 19.6. The standard InChI is InChI=1S/C25H26ClF2NO6/c1-4-14-7-9-24(10-8-14,23(31)33-3)29-22(30)16-11-17(15-5-6-19(32-2)18(26)12-15)21-20(13-16)34-25(27,28)35-21/h5-6,11-14H,4,7-10H2,1-3H3,(H,29,30). The smallest absolute Gasteiger partial charge is 0.495 e. The van der Waals surface area contributed by atoms with Crippen molar-refractivity contribution >= 4 is 23.5 Å². The Balaban J connectivity index is 1.72. The summed E-state index contributed by atoms with van der Waals surface area (Å²) >= 11 is 6.23. The SMILES string of the molecule is CCC1CCC(NC(=O)c2cc3c(c(-c4ccc(OC)c(Cl)c4)c2)OC(F)(F)O3)(C(=O)OC)CC1. The van der Waals surface area contributed by atoms with Gasteiger partial charge in [0.25, 0.3) is 5.91 Å². The first-order valence-electron chi connectivity index (χ1n) is 11.3. The summed E-state index contributed by atoms with van der Waals surface area (Å²) in [6.07, 6.45) is -0.547. The van der Waals surface area contributed by atoms with Gasteiger partial charge in [-0.1, -0.05) is 31.0 Å². The molecule has 10 heteroatoms. The highest BCUT2D eigenvalue weighted by atomic mass is 35.5. The Morgan fingerprint density at radius 2 is 1.86 bits per heavy atom. The normalized spacial score (nSPS) is 22.4. The summed E-state index contributed by atoms with van der Waals surface area (Å²) in [4.78, 5) is 26.1. The Bertz CT molecular complexity index is 1150. The largest absolute Gasteiger partial charge is 0.586 e. The predicted octanol–water partition coefficient (Wildman–Crippen LogP) is 5.58. The van der Waals surface area contributed by atoms with E-state index in [1.54, 1.807) is 12.1 Å². The van der Waals surface area contributed by atoms with E-state index in [1.807, 2.05) is 0 Å². The van der Waals surface area contributed by atoms with Crippen molar-refractivity contribution in [2.75, 3.05) is 14.2 Å². The summed E-state index contributed by atoms with van der Waals surface area (Å²) in [5.41, 5.74) is -0.584. The molecular weight excluding hydrogens is 484 g/mol. The number of alkyl halides is 2. The van der Waals surface area contributed by atoms with Gasteiger partial charge in [0.05, 0.1) is 19.2 Å². The molecule has 7 nitrogen and oxygen atoms in total. The number of rotatable bonds is 6. The summed E-state index contributed by atoms with van der Waals surface area (Å²) < 4.78 is 47.5. The van der Waals surface area contributed by atoms with E-state index >= 15 is 0 Å². The topological polar surface area (TPSA) is 83.1 Å².